The van der Waals surface area contributed by atoms with Gasteiger partial charge < -0.3 is 9.84 Å². The number of hydrogen-bond acceptors (Lipinski definition) is 6. The fraction of sp³-hybridized carbons (Fsp3) is 0.143. The normalized spacial score (nSPS) is 10.9. The van der Waals surface area contributed by atoms with Gasteiger partial charge in [-0.15, -0.1) is 11.8 Å². The molecule has 0 saturated heterocycles. The van der Waals surface area contributed by atoms with E-state index in [1.807, 2.05) is 6.07 Å². The van der Waals surface area contributed by atoms with E-state index in [9.17, 15) is 14.0 Å². The highest BCUT2D eigenvalue weighted by atomic mass is 35.5. The van der Waals surface area contributed by atoms with E-state index in [1.54, 1.807) is 18.5 Å². The Kier molecular flexibility index (Phi) is 7.03. The molecule has 0 radical (unpaired) electrons. The molecule has 0 aliphatic rings. The van der Waals surface area contributed by atoms with Gasteiger partial charge in [0.1, 0.15) is 28.6 Å². The second-order valence-electron chi connectivity index (χ2n) is 6.10. The summed E-state index contributed by atoms with van der Waals surface area (Å²) in [4.78, 5) is 11.7. The average molecular weight is 459 g/mol. The number of aliphatic hydroxyl groups is 1. The summed E-state index contributed by atoms with van der Waals surface area (Å²) in [6.45, 7) is 6.00. The van der Waals surface area contributed by atoms with Gasteiger partial charge in [0.2, 0.25) is 5.69 Å². The molecule has 0 aliphatic carbocycles. The highest BCUT2D eigenvalue weighted by Gasteiger charge is 2.30. The van der Waals surface area contributed by atoms with Crippen molar-refractivity contribution < 1.29 is 18.6 Å². The monoisotopic (exact) mass is 458 g/mol. The molecule has 0 unspecified atom stereocenters. The maximum Gasteiger partial charge on any atom is 0.421 e. The highest BCUT2D eigenvalue weighted by Crippen LogP contribution is 2.42. The number of rotatable bonds is 7. The Bertz CT molecular complexity index is 1160. The van der Waals surface area contributed by atoms with Crippen molar-refractivity contribution in [2.75, 3.05) is 6.61 Å². The molecule has 0 fully saturated rings. The van der Waals surface area contributed by atoms with Crippen LogP contribution in [-0.4, -0.2) is 27.8 Å². The van der Waals surface area contributed by atoms with Gasteiger partial charge in [-0.1, -0.05) is 29.8 Å². The van der Waals surface area contributed by atoms with Crippen molar-refractivity contribution in [2.24, 2.45) is 0 Å². The molecule has 1 aromatic carbocycles. The summed E-state index contributed by atoms with van der Waals surface area (Å²) >= 11 is 7.49. The number of halogens is 3. The summed E-state index contributed by atoms with van der Waals surface area (Å²) < 4.78 is 30.9. The second kappa shape index (κ2) is 9.71. The van der Waals surface area contributed by atoms with Crippen molar-refractivity contribution in [1.29, 1.82) is 5.26 Å². The Hall–Kier alpha value is -3.24. The Balaban J connectivity index is 2.01. The molecule has 2 heterocycles. The third kappa shape index (κ3) is 5.28. The Morgan fingerprint density at radius 1 is 1.29 bits per heavy atom. The molecule has 0 atom stereocenters. The van der Waals surface area contributed by atoms with Crippen molar-refractivity contribution in [3.8, 4) is 22.9 Å². The van der Waals surface area contributed by atoms with Gasteiger partial charge in [-0.3, -0.25) is 4.98 Å². The van der Waals surface area contributed by atoms with Gasteiger partial charge in [0.25, 0.3) is 0 Å². The van der Waals surface area contributed by atoms with E-state index >= 15 is 0 Å². The van der Waals surface area contributed by atoms with Gasteiger partial charge in [-0.25, -0.2) is 9.83 Å². The van der Waals surface area contributed by atoms with Crippen LogP contribution in [-0.2, 0) is 5.75 Å². The van der Waals surface area contributed by atoms with Crippen molar-refractivity contribution in [1.82, 2.24) is 9.97 Å². The van der Waals surface area contributed by atoms with E-state index in [-0.39, 0.29) is 27.7 Å². The van der Waals surface area contributed by atoms with Crippen LogP contribution in [0.3, 0.4) is 0 Å². The number of ether oxygens (including phenoxy) is 1. The number of alkyl halides is 2. The molecule has 1 N–H and O–H groups in total. The number of hydrogen-bond donors (Lipinski definition) is 1. The zero-order chi connectivity index (χ0) is 22.4. The summed E-state index contributed by atoms with van der Waals surface area (Å²) in [6.07, 6.45) is -0.385. The van der Waals surface area contributed by atoms with Crippen molar-refractivity contribution in [3.63, 3.8) is 0 Å². The van der Waals surface area contributed by atoms with Crippen molar-refractivity contribution >= 4 is 29.1 Å². The summed E-state index contributed by atoms with van der Waals surface area (Å²) in [5.41, 5.74) is 1.72. The standard InChI is InChI=1S/C21H13ClF2N4O2S/c1-26-18-17(14-4-6-15(7-5-14)30-21(23,24)12-29)16(9-25)20(28-19(18)22)31-11-13-3-2-8-27-10-13/h2-8,10,29H,11-12H2. The quantitative estimate of drug-likeness (QED) is 0.287. The Labute approximate surface area is 185 Å². The second-order valence-corrected chi connectivity index (χ2v) is 7.42. The summed E-state index contributed by atoms with van der Waals surface area (Å²) in [5, 5.41) is 18.7. The lowest BCUT2D eigenvalue weighted by molar-refractivity contribution is -0.200. The van der Waals surface area contributed by atoms with E-state index in [0.717, 1.165) is 5.56 Å². The molecule has 3 aromatic rings. The van der Waals surface area contributed by atoms with Gasteiger partial charge in [0.15, 0.2) is 0 Å². The minimum absolute atomic E-state index is 0.0155. The van der Waals surface area contributed by atoms with Crippen LogP contribution in [0.1, 0.15) is 11.1 Å². The van der Waals surface area contributed by atoms with Gasteiger partial charge in [0, 0.05) is 23.7 Å². The van der Waals surface area contributed by atoms with Gasteiger partial charge in [-0.2, -0.15) is 14.0 Å². The van der Waals surface area contributed by atoms with E-state index in [2.05, 4.69) is 25.6 Å². The summed E-state index contributed by atoms with van der Waals surface area (Å²) in [5.74, 6) is 0.295. The lowest BCUT2D eigenvalue weighted by Gasteiger charge is -2.16. The third-order valence-corrected chi connectivity index (χ3v) is 5.32. The van der Waals surface area contributed by atoms with Gasteiger partial charge in [-0.05, 0) is 29.3 Å². The molecule has 0 spiro atoms. The SMILES string of the molecule is [C-]#[N+]c1c(Cl)nc(SCc2cccnc2)c(C#N)c1-c1ccc(OC(F)(F)CO)cc1. The zero-order valence-corrected chi connectivity index (χ0v) is 17.3. The first-order valence-electron chi connectivity index (χ1n) is 8.69. The number of thioether (sulfide) groups is 1. The highest BCUT2D eigenvalue weighted by molar-refractivity contribution is 7.98. The molecule has 0 bridgehead atoms. The van der Waals surface area contributed by atoms with Crippen LogP contribution in [0.4, 0.5) is 14.5 Å². The van der Waals surface area contributed by atoms with Crippen LogP contribution in [0.25, 0.3) is 16.0 Å². The van der Waals surface area contributed by atoms with Gasteiger partial charge in [0.05, 0.1) is 12.1 Å². The number of pyridine rings is 2. The molecule has 2 aromatic heterocycles. The maximum atomic E-state index is 13.2. The molecular weight excluding hydrogens is 446 g/mol. The smallest absolute Gasteiger partial charge is 0.421 e. The van der Waals surface area contributed by atoms with Crippen molar-refractivity contribution in [2.45, 2.75) is 16.9 Å². The minimum atomic E-state index is -3.73. The fourth-order valence-electron chi connectivity index (χ4n) is 2.65. The first-order chi connectivity index (χ1) is 14.9. The third-order valence-electron chi connectivity index (χ3n) is 4.01. The minimum Gasteiger partial charge on any atom is -0.431 e. The van der Waals surface area contributed by atoms with Crippen LogP contribution in [0.15, 0.2) is 53.8 Å². The topological polar surface area (TPSA) is 83.4 Å². The largest absolute Gasteiger partial charge is 0.431 e. The average Bonchev–Trinajstić information content (AvgIpc) is 2.78. The predicted octanol–water partition coefficient (Wildman–Crippen LogP) is 5.48. The first kappa shape index (κ1) is 22.4. The molecule has 0 amide bonds. The van der Waals surface area contributed by atoms with Crippen LogP contribution in [0.2, 0.25) is 5.15 Å². The van der Waals surface area contributed by atoms with E-state index in [0.29, 0.717) is 16.3 Å². The molecular formula is C21H13ClF2N4O2S. The molecule has 10 heteroatoms. The molecule has 3 rings (SSSR count). The first-order valence-corrected chi connectivity index (χ1v) is 10.1. The summed E-state index contributed by atoms with van der Waals surface area (Å²) in [7, 11) is 0. The maximum absolute atomic E-state index is 13.2. The molecule has 6 nitrogen and oxygen atoms in total. The molecule has 31 heavy (non-hydrogen) atoms. The van der Waals surface area contributed by atoms with Crippen LogP contribution >= 0.6 is 23.4 Å². The van der Waals surface area contributed by atoms with E-state index < -0.39 is 12.7 Å². The summed E-state index contributed by atoms with van der Waals surface area (Å²) in [6, 6.07) is 11.1. The molecule has 0 saturated carbocycles. The Morgan fingerprint density at radius 2 is 2.03 bits per heavy atom. The number of aromatic nitrogens is 2. The van der Waals surface area contributed by atoms with Crippen LogP contribution in [0, 0.1) is 17.9 Å². The number of benzene rings is 1. The lowest BCUT2D eigenvalue weighted by atomic mass is 10.0. The number of nitrogens with zero attached hydrogens (tertiary/aromatic N) is 4. The fourth-order valence-corrected chi connectivity index (χ4v) is 3.84. The Morgan fingerprint density at radius 3 is 2.61 bits per heavy atom. The van der Waals surface area contributed by atoms with Crippen LogP contribution < -0.4 is 4.74 Å². The van der Waals surface area contributed by atoms with Crippen LogP contribution in [0.5, 0.6) is 5.75 Å². The van der Waals surface area contributed by atoms with Gasteiger partial charge >= 0.3 is 6.11 Å². The number of nitriles is 1. The zero-order valence-electron chi connectivity index (χ0n) is 15.7. The van der Waals surface area contributed by atoms with Crippen molar-refractivity contribution in [3.05, 3.63) is 76.5 Å². The molecule has 0 aliphatic heterocycles. The van der Waals surface area contributed by atoms with E-state index in [1.165, 1.54) is 36.0 Å². The van der Waals surface area contributed by atoms with E-state index in [4.69, 9.17) is 23.3 Å². The molecule has 156 valence electrons. The predicted molar refractivity (Wildman–Crippen MR) is 112 cm³/mol. The lowest BCUT2D eigenvalue weighted by Crippen LogP contribution is -2.28. The number of aliphatic hydroxyl groups excluding tert-OH is 1.